The Balaban J connectivity index is 0.00000156. The number of hydrogen-bond donors (Lipinski definition) is 2. The summed E-state index contributed by atoms with van der Waals surface area (Å²) in [5.41, 5.74) is 8.84. The van der Waals surface area contributed by atoms with Crippen molar-refractivity contribution in [3.05, 3.63) is 40.9 Å². The van der Waals surface area contributed by atoms with E-state index in [-0.39, 0.29) is 36.3 Å². The molecule has 1 aliphatic rings. The van der Waals surface area contributed by atoms with Crippen LogP contribution >= 0.6 is 36.2 Å². The molecule has 138 valence electrons. The molecule has 0 radical (unpaired) electrons. The minimum absolute atomic E-state index is 0. The van der Waals surface area contributed by atoms with Crippen LogP contribution in [0.1, 0.15) is 36.9 Å². The number of aromatic nitrogens is 1. The highest BCUT2D eigenvalue weighted by Gasteiger charge is 2.33. The van der Waals surface area contributed by atoms with Gasteiger partial charge in [-0.2, -0.15) is 0 Å². The van der Waals surface area contributed by atoms with Gasteiger partial charge in [-0.1, -0.05) is 42.7 Å². The SMILES string of the molecule is Cc1ccc(-c2nc(CC(=O)NC3(CN)CCCC3)cs2)cc1.Cl.Cl. The average molecular weight is 402 g/mol. The fraction of sp³-hybridized carbons (Fsp3) is 0.444. The third-order valence-corrected chi connectivity index (χ3v) is 5.49. The van der Waals surface area contributed by atoms with Gasteiger partial charge in [0.1, 0.15) is 5.01 Å². The first-order valence-electron chi connectivity index (χ1n) is 8.13. The topological polar surface area (TPSA) is 68.0 Å². The zero-order valence-corrected chi connectivity index (χ0v) is 16.7. The average Bonchev–Trinajstić information content (AvgIpc) is 3.18. The van der Waals surface area contributed by atoms with E-state index in [0.717, 1.165) is 41.9 Å². The van der Waals surface area contributed by atoms with Crippen LogP contribution in [-0.2, 0) is 11.2 Å². The summed E-state index contributed by atoms with van der Waals surface area (Å²) >= 11 is 1.58. The van der Waals surface area contributed by atoms with Crippen LogP contribution in [0.2, 0.25) is 0 Å². The van der Waals surface area contributed by atoms with Gasteiger partial charge in [0.2, 0.25) is 5.91 Å². The first kappa shape index (κ1) is 21.9. The third-order valence-electron chi connectivity index (χ3n) is 4.55. The minimum Gasteiger partial charge on any atom is -0.349 e. The number of thiazole rings is 1. The van der Waals surface area contributed by atoms with Gasteiger partial charge in [-0.25, -0.2) is 4.98 Å². The number of carbonyl (C=O) groups is 1. The van der Waals surface area contributed by atoms with E-state index in [1.54, 1.807) is 11.3 Å². The Kier molecular flexibility index (Phi) is 8.35. The molecular weight excluding hydrogens is 377 g/mol. The summed E-state index contributed by atoms with van der Waals surface area (Å²) < 4.78 is 0. The lowest BCUT2D eigenvalue weighted by Gasteiger charge is -2.28. The monoisotopic (exact) mass is 401 g/mol. The maximum Gasteiger partial charge on any atom is 0.226 e. The molecule has 1 heterocycles. The molecule has 1 amide bonds. The van der Waals surface area contributed by atoms with Crippen molar-refractivity contribution in [3.8, 4) is 10.6 Å². The number of nitrogens with one attached hydrogen (secondary N) is 1. The van der Waals surface area contributed by atoms with E-state index in [9.17, 15) is 4.79 Å². The van der Waals surface area contributed by atoms with E-state index in [2.05, 4.69) is 41.5 Å². The van der Waals surface area contributed by atoms with Crippen molar-refractivity contribution in [1.29, 1.82) is 0 Å². The molecule has 0 unspecified atom stereocenters. The maximum atomic E-state index is 12.3. The van der Waals surface area contributed by atoms with Crippen molar-refractivity contribution in [2.75, 3.05) is 6.54 Å². The standard InChI is InChI=1S/C18H23N3OS.2ClH/c1-13-4-6-14(7-5-13)17-20-15(11-23-17)10-16(22)21-18(12-19)8-2-3-9-18;;/h4-7,11H,2-3,8-10,12,19H2,1H3,(H,21,22);2*1H. The molecule has 0 spiro atoms. The van der Waals surface area contributed by atoms with Crippen LogP contribution in [0.15, 0.2) is 29.6 Å². The Bertz CT molecular complexity index is 682. The first-order chi connectivity index (χ1) is 11.1. The maximum absolute atomic E-state index is 12.3. The van der Waals surface area contributed by atoms with Crippen LogP contribution < -0.4 is 11.1 Å². The van der Waals surface area contributed by atoms with Crippen LogP contribution in [0.4, 0.5) is 0 Å². The zero-order chi connectivity index (χ0) is 16.3. The normalized spacial score (nSPS) is 15.1. The van der Waals surface area contributed by atoms with Crippen LogP contribution in [0.5, 0.6) is 0 Å². The van der Waals surface area contributed by atoms with Crippen molar-refractivity contribution >= 4 is 42.1 Å². The third kappa shape index (κ3) is 5.42. The molecular formula is C18H25Cl2N3OS. The van der Waals surface area contributed by atoms with Crippen LogP contribution in [0.25, 0.3) is 10.6 Å². The largest absolute Gasteiger partial charge is 0.349 e. The van der Waals surface area contributed by atoms with Gasteiger partial charge in [-0.3, -0.25) is 4.79 Å². The number of hydrogen-bond acceptors (Lipinski definition) is 4. The molecule has 1 saturated carbocycles. The summed E-state index contributed by atoms with van der Waals surface area (Å²) in [7, 11) is 0. The fourth-order valence-electron chi connectivity index (χ4n) is 3.15. The predicted molar refractivity (Wildman–Crippen MR) is 109 cm³/mol. The van der Waals surface area contributed by atoms with Gasteiger partial charge < -0.3 is 11.1 Å². The molecule has 0 atom stereocenters. The van der Waals surface area contributed by atoms with Gasteiger partial charge in [0.25, 0.3) is 0 Å². The second-order valence-electron chi connectivity index (χ2n) is 6.43. The Morgan fingerprint density at radius 3 is 2.48 bits per heavy atom. The van der Waals surface area contributed by atoms with Gasteiger partial charge in [0.05, 0.1) is 17.7 Å². The molecule has 3 N–H and O–H groups in total. The molecule has 0 saturated heterocycles. The Hall–Kier alpha value is -1.14. The van der Waals surface area contributed by atoms with E-state index < -0.39 is 0 Å². The van der Waals surface area contributed by atoms with Crippen molar-refractivity contribution < 1.29 is 4.79 Å². The van der Waals surface area contributed by atoms with E-state index in [0.29, 0.717) is 13.0 Å². The highest BCUT2D eigenvalue weighted by molar-refractivity contribution is 7.13. The molecule has 0 bridgehead atoms. The summed E-state index contributed by atoms with van der Waals surface area (Å²) in [5.74, 6) is 0.0260. The Labute approximate surface area is 165 Å². The number of benzene rings is 1. The first-order valence-corrected chi connectivity index (χ1v) is 9.01. The van der Waals surface area contributed by atoms with Crippen LogP contribution in [0.3, 0.4) is 0 Å². The van der Waals surface area contributed by atoms with Gasteiger partial charge in [0.15, 0.2) is 0 Å². The zero-order valence-electron chi connectivity index (χ0n) is 14.3. The van der Waals surface area contributed by atoms with Crippen LogP contribution in [-0.4, -0.2) is 23.0 Å². The highest BCUT2D eigenvalue weighted by atomic mass is 35.5. The Morgan fingerprint density at radius 1 is 1.24 bits per heavy atom. The summed E-state index contributed by atoms with van der Waals surface area (Å²) in [6, 6.07) is 8.29. The van der Waals surface area contributed by atoms with E-state index in [1.807, 2.05) is 5.38 Å². The summed E-state index contributed by atoms with van der Waals surface area (Å²) in [4.78, 5) is 16.9. The van der Waals surface area contributed by atoms with Crippen LogP contribution in [0, 0.1) is 6.92 Å². The number of rotatable bonds is 5. The van der Waals surface area contributed by atoms with Gasteiger partial charge in [0, 0.05) is 17.5 Å². The quantitative estimate of drug-likeness (QED) is 0.797. The predicted octanol–water partition coefficient (Wildman–Crippen LogP) is 3.89. The Morgan fingerprint density at radius 2 is 1.88 bits per heavy atom. The molecule has 4 nitrogen and oxygen atoms in total. The summed E-state index contributed by atoms with van der Waals surface area (Å²) in [5, 5.41) is 6.08. The van der Waals surface area contributed by atoms with Crippen molar-refractivity contribution in [1.82, 2.24) is 10.3 Å². The molecule has 1 aromatic carbocycles. The van der Waals surface area contributed by atoms with E-state index in [1.165, 1.54) is 5.56 Å². The molecule has 7 heteroatoms. The minimum atomic E-state index is -0.188. The highest BCUT2D eigenvalue weighted by Crippen LogP contribution is 2.29. The van der Waals surface area contributed by atoms with Gasteiger partial charge >= 0.3 is 0 Å². The van der Waals surface area contributed by atoms with Gasteiger partial charge in [-0.05, 0) is 19.8 Å². The number of aryl methyl sites for hydroxylation is 1. The number of amides is 1. The van der Waals surface area contributed by atoms with E-state index in [4.69, 9.17) is 5.73 Å². The lowest BCUT2D eigenvalue weighted by molar-refractivity contribution is -0.122. The van der Waals surface area contributed by atoms with Crippen molar-refractivity contribution in [3.63, 3.8) is 0 Å². The van der Waals surface area contributed by atoms with Gasteiger partial charge in [-0.15, -0.1) is 36.2 Å². The lowest BCUT2D eigenvalue weighted by Crippen LogP contribution is -2.52. The van der Waals surface area contributed by atoms with Crippen molar-refractivity contribution in [2.45, 2.75) is 44.6 Å². The molecule has 3 rings (SSSR count). The molecule has 1 aliphatic carbocycles. The summed E-state index contributed by atoms with van der Waals surface area (Å²) in [6.07, 6.45) is 4.59. The molecule has 1 fully saturated rings. The molecule has 25 heavy (non-hydrogen) atoms. The molecule has 1 aromatic heterocycles. The molecule has 2 aromatic rings. The number of halogens is 2. The van der Waals surface area contributed by atoms with Crippen molar-refractivity contribution in [2.24, 2.45) is 5.73 Å². The number of nitrogens with two attached hydrogens (primary N) is 1. The molecule has 0 aliphatic heterocycles. The lowest BCUT2D eigenvalue weighted by atomic mass is 9.97. The second-order valence-corrected chi connectivity index (χ2v) is 7.28. The van der Waals surface area contributed by atoms with E-state index >= 15 is 0 Å². The number of nitrogens with zero attached hydrogens (tertiary/aromatic N) is 1. The smallest absolute Gasteiger partial charge is 0.226 e. The fourth-order valence-corrected chi connectivity index (χ4v) is 3.98. The summed E-state index contributed by atoms with van der Waals surface area (Å²) in [6.45, 7) is 2.59. The number of carbonyl (C=O) groups excluding carboxylic acids is 1. The second kappa shape index (κ2) is 9.53.